The van der Waals surface area contributed by atoms with Crippen LogP contribution in [0.15, 0.2) is 18.3 Å². The van der Waals surface area contributed by atoms with Gasteiger partial charge >= 0.3 is 0 Å². The van der Waals surface area contributed by atoms with Crippen LogP contribution in [0, 0.1) is 0 Å². The van der Waals surface area contributed by atoms with Gasteiger partial charge in [0.1, 0.15) is 5.82 Å². The van der Waals surface area contributed by atoms with Gasteiger partial charge in [0, 0.05) is 24.7 Å². The summed E-state index contributed by atoms with van der Waals surface area (Å²) in [5, 5.41) is 16.3. The summed E-state index contributed by atoms with van der Waals surface area (Å²) in [7, 11) is 0. The molecule has 7 heteroatoms. The third kappa shape index (κ3) is 4.35. The molecular weight excluding hydrogens is 320 g/mol. The van der Waals surface area contributed by atoms with Gasteiger partial charge in [-0.2, -0.15) is 0 Å². The topological polar surface area (TPSA) is 94.6 Å². The molecule has 0 unspecified atom stereocenters. The Morgan fingerprint density at radius 3 is 2.72 bits per heavy atom. The van der Waals surface area contributed by atoms with E-state index in [1.165, 1.54) is 26.0 Å². The van der Waals surface area contributed by atoms with Crippen molar-refractivity contribution in [3.8, 4) is 0 Å². The third-order valence-corrected chi connectivity index (χ3v) is 5.07. The van der Waals surface area contributed by atoms with Gasteiger partial charge in [0.25, 0.3) is 5.91 Å². The van der Waals surface area contributed by atoms with Gasteiger partial charge in [0.2, 0.25) is 5.91 Å². The number of pyridine rings is 1. The van der Waals surface area contributed by atoms with Crippen molar-refractivity contribution in [1.82, 2.24) is 15.2 Å². The summed E-state index contributed by atoms with van der Waals surface area (Å²) in [6, 6.07) is 3.04. The molecule has 1 saturated carbocycles. The molecule has 0 spiro atoms. The van der Waals surface area contributed by atoms with Crippen LogP contribution in [0.25, 0.3) is 0 Å². The number of carbonyl (C=O) groups excluding carboxylic acids is 2. The summed E-state index contributed by atoms with van der Waals surface area (Å²) in [6.07, 6.45) is 6.07. The minimum atomic E-state index is -0.549. The van der Waals surface area contributed by atoms with Gasteiger partial charge in [0.15, 0.2) is 0 Å². The Morgan fingerprint density at radius 1 is 1.24 bits per heavy atom. The molecule has 3 rings (SSSR count). The average molecular weight is 346 g/mol. The highest BCUT2D eigenvalue weighted by atomic mass is 16.3. The Morgan fingerprint density at radius 2 is 2.00 bits per heavy atom. The highest BCUT2D eigenvalue weighted by Crippen LogP contribution is 2.26. The zero-order chi connectivity index (χ0) is 17.8. The molecule has 0 bridgehead atoms. The maximum atomic E-state index is 12.5. The van der Waals surface area contributed by atoms with Crippen molar-refractivity contribution >= 4 is 17.6 Å². The molecule has 0 aromatic carbocycles. The van der Waals surface area contributed by atoms with Gasteiger partial charge in [0.05, 0.1) is 12.1 Å². The molecule has 0 radical (unpaired) electrons. The van der Waals surface area contributed by atoms with Gasteiger partial charge in [-0.1, -0.05) is 0 Å². The van der Waals surface area contributed by atoms with E-state index >= 15 is 0 Å². The van der Waals surface area contributed by atoms with E-state index in [1.807, 2.05) is 0 Å². The average Bonchev–Trinajstić information content (AvgIpc) is 3.10. The SMILES string of the molecule is CC(=O)Nc1cc(C(=O)N[C@@H]2CCC[C@@H](N3CCCC3)[C@@H]2O)ccn1. The van der Waals surface area contributed by atoms with E-state index in [-0.39, 0.29) is 23.9 Å². The highest BCUT2D eigenvalue weighted by molar-refractivity contribution is 5.96. The standard InChI is InChI=1S/C18H26N4O3/c1-12(23)20-16-11-13(7-8-19-16)18(25)21-14-5-4-6-15(17(14)24)22-9-2-3-10-22/h7-8,11,14-15,17,24H,2-6,9-10H2,1H3,(H,21,25)(H,19,20,23)/t14-,15-,17-/m1/s1. The molecule has 2 heterocycles. The first-order chi connectivity index (χ1) is 12.0. The Labute approximate surface area is 147 Å². The quantitative estimate of drug-likeness (QED) is 0.760. The Kier molecular flexibility index (Phi) is 5.65. The number of rotatable bonds is 4. The van der Waals surface area contributed by atoms with Crippen LogP contribution in [0.2, 0.25) is 0 Å². The Balaban J connectivity index is 1.64. The lowest BCUT2D eigenvalue weighted by atomic mass is 9.87. The number of aliphatic hydroxyl groups is 1. The van der Waals surface area contributed by atoms with Crippen molar-refractivity contribution < 1.29 is 14.7 Å². The molecule has 1 saturated heterocycles. The monoisotopic (exact) mass is 346 g/mol. The second-order valence-electron chi connectivity index (χ2n) is 6.92. The number of likely N-dealkylation sites (tertiary alicyclic amines) is 1. The number of anilines is 1. The Bertz CT molecular complexity index is 631. The highest BCUT2D eigenvalue weighted by Gasteiger charge is 2.37. The minimum Gasteiger partial charge on any atom is -0.389 e. The van der Waals surface area contributed by atoms with E-state index in [0.29, 0.717) is 11.4 Å². The maximum Gasteiger partial charge on any atom is 0.251 e. The molecule has 7 nitrogen and oxygen atoms in total. The number of nitrogens with zero attached hydrogens (tertiary/aromatic N) is 2. The molecule has 1 aromatic heterocycles. The van der Waals surface area contributed by atoms with Crippen molar-refractivity contribution in [2.75, 3.05) is 18.4 Å². The number of amides is 2. The van der Waals surface area contributed by atoms with Gasteiger partial charge < -0.3 is 15.7 Å². The van der Waals surface area contributed by atoms with Gasteiger partial charge in [-0.3, -0.25) is 14.5 Å². The smallest absolute Gasteiger partial charge is 0.251 e. The number of aliphatic hydroxyl groups excluding tert-OH is 1. The molecule has 25 heavy (non-hydrogen) atoms. The third-order valence-electron chi connectivity index (χ3n) is 5.07. The first kappa shape index (κ1) is 17.8. The van der Waals surface area contributed by atoms with Gasteiger partial charge in [-0.05, 0) is 57.3 Å². The zero-order valence-corrected chi connectivity index (χ0v) is 14.6. The second kappa shape index (κ2) is 7.93. The van der Waals surface area contributed by atoms with Gasteiger partial charge in [-0.15, -0.1) is 0 Å². The first-order valence-electron chi connectivity index (χ1n) is 9.01. The fourth-order valence-corrected chi connectivity index (χ4v) is 3.86. The van der Waals surface area contributed by atoms with Crippen LogP contribution in [-0.4, -0.2) is 58.1 Å². The number of hydrogen-bond acceptors (Lipinski definition) is 5. The predicted molar refractivity (Wildman–Crippen MR) is 94.2 cm³/mol. The molecule has 2 aliphatic rings. The molecular formula is C18H26N4O3. The number of hydrogen-bond donors (Lipinski definition) is 3. The molecule has 2 amide bonds. The van der Waals surface area contributed by atoms with E-state index in [2.05, 4.69) is 20.5 Å². The summed E-state index contributed by atoms with van der Waals surface area (Å²) in [4.78, 5) is 30.0. The fraction of sp³-hybridized carbons (Fsp3) is 0.611. The van der Waals surface area contributed by atoms with Crippen molar-refractivity contribution in [3.63, 3.8) is 0 Å². The first-order valence-corrected chi connectivity index (χ1v) is 9.01. The van der Waals surface area contributed by atoms with Crippen LogP contribution in [0.5, 0.6) is 0 Å². The summed E-state index contributed by atoms with van der Waals surface area (Å²) < 4.78 is 0. The molecule has 2 fully saturated rings. The lowest BCUT2D eigenvalue weighted by molar-refractivity contribution is -0.114. The van der Waals surface area contributed by atoms with Crippen molar-refractivity contribution in [2.24, 2.45) is 0 Å². The number of carbonyl (C=O) groups is 2. The predicted octanol–water partition coefficient (Wildman–Crippen LogP) is 1.15. The van der Waals surface area contributed by atoms with E-state index in [1.54, 1.807) is 12.1 Å². The Hall–Kier alpha value is -1.99. The van der Waals surface area contributed by atoms with Crippen LogP contribution in [0.4, 0.5) is 5.82 Å². The maximum absolute atomic E-state index is 12.5. The van der Waals surface area contributed by atoms with E-state index in [0.717, 1.165) is 32.4 Å². The van der Waals surface area contributed by atoms with E-state index < -0.39 is 6.10 Å². The van der Waals surface area contributed by atoms with E-state index in [4.69, 9.17) is 0 Å². The summed E-state index contributed by atoms with van der Waals surface area (Å²) in [5.74, 6) is -0.138. The zero-order valence-electron chi connectivity index (χ0n) is 14.6. The summed E-state index contributed by atoms with van der Waals surface area (Å²) in [6.45, 7) is 3.46. The lowest BCUT2D eigenvalue weighted by Crippen LogP contribution is -2.56. The van der Waals surface area contributed by atoms with Crippen LogP contribution < -0.4 is 10.6 Å². The van der Waals surface area contributed by atoms with E-state index in [9.17, 15) is 14.7 Å². The van der Waals surface area contributed by atoms with Crippen LogP contribution >= 0.6 is 0 Å². The number of nitrogens with one attached hydrogen (secondary N) is 2. The van der Waals surface area contributed by atoms with Crippen molar-refractivity contribution in [3.05, 3.63) is 23.9 Å². The lowest BCUT2D eigenvalue weighted by Gasteiger charge is -2.40. The van der Waals surface area contributed by atoms with Crippen molar-refractivity contribution in [1.29, 1.82) is 0 Å². The fourth-order valence-electron chi connectivity index (χ4n) is 3.86. The largest absolute Gasteiger partial charge is 0.389 e. The van der Waals surface area contributed by atoms with Crippen molar-refractivity contribution in [2.45, 2.75) is 57.2 Å². The van der Waals surface area contributed by atoms with Crippen LogP contribution in [0.3, 0.4) is 0 Å². The molecule has 3 N–H and O–H groups in total. The summed E-state index contributed by atoms with van der Waals surface area (Å²) in [5.41, 5.74) is 0.425. The molecule has 1 aromatic rings. The molecule has 136 valence electrons. The normalized spacial score (nSPS) is 27.0. The van der Waals surface area contributed by atoms with Crippen LogP contribution in [0.1, 0.15) is 49.4 Å². The minimum absolute atomic E-state index is 0.133. The number of aromatic nitrogens is 1. The van der Waals surface area contributed by atoms with Crippen LogP contribution in [-0.2, 0) is 4.79 Å². The molecule has 1 aliphatic heterocycles. The summed E-state index contributed by atoms with van der Waals surface area (Å²) >= 11 is 0. The van der Waals surface area contributed by atoms with Gasteiger partial charge in [-0.25, -0.2) is 4.98 Å². The molecule has 3 atom stereocenters. The second-order valence-corrected chi connectivity index (χ2v) is 6.92. The molecule has 1 aliphatic carbocycles.